The summed E-state index contributed by atoms with van der Waals surface area (Å²) < 4.78 is 17.9. The molecule has 2 aromatic carbocycles. The number of nitrogens with zero attached hydrogens (tertiary/aromatic N) is 4. The fraction of sp³-hybridized carbons (Fsp3) is 0.269. The zero-order valence-corrected chi connectivity index (χ0v) is 20.3. The SMILES string of the molecule is CCOC(=O)c1cnn2c(N(C)Cc3ccc(OC)cc3)cc(Nc3ccccc3OCC)nc12. The van der Waals surface area contributed by atoms with Crippen molar-refractivity contribution in [2.45, 2.75) is 20.4 Å². The lowest BCUT2D eigenvalue weighted by atomic mass is 10.2. The maximum absolute atomic E-state index is 12.6. The third-order valence-electron chi connectivity index (χ3n) is 5.37. The number of carbonyl (C=O) groups excluding carboxylic acids is 1. The van der Waals surface area contributed by atoms with Crippen LogP contribution in [0.15, 0.2) is 60.8 Å². The topological polar surface area (TPSA) is 90.2 Å². The summed E-state index contributed by atoms with van der Waals surface area (Å²) in [7, 11) is 3.61. The van der Waals surface area contributed by atoms with E-state index in [0.29, 0.717) is 35.9 Å². The van der Waals surface area contributed by atoms with Crippen LogP contribution in [-0.4, -0.2) is 47.9 Å². The van der Waals surface area contributed by atoms with Crippen LogP contribution in [0.4, 0.5) is 17.3 Å². The van der Waals surface area contributed by atoms with Crippen LogP contribution in [0.1, 0.15) is 29.8 Å². The highest BCUT2D eigenvalue weighted by molar-refractivity contribution is 5.96. The number of rotatable bonds is 10. The van der Waals surface area contributed by atoms with Gasteiger partial charge in [-0.1, -0.05) is 24.3 Å². The lowest BCUT2D eigenvalue weighted by Gasteiger charge is -2.21. The van der Waals surface area contributed by atoms with Crippen molar-refractivity contribution in [3.05, 3.63) is 71.9 Å². The van der Waals surface area contributed by atoms with Gasteiger partial charge in [0.05, 0.1) is 32.2 Å². The fourth-order valence-electron chi connectivity index (χ4n) is 3.71. The lowest BCUT2D eigenvalue weighted by Crippen LogP contribution is -2.20. The predicted molar refractivity (Wildman–Crippen MR) is 135 cm³/mol. The number of fused-ring (bicyclic) bond motifs is 1. The van der Waals surface area contributed by atoms with Gasteiger partial charge in [-0.25, -0.2) is 9.78 Å². The van der Waals surface area contributed by atoms with Crippen LogP contribution in [0.2, 0.25) is 0 Å². The third kappa shape index (κ3) is 5.29. The number of carbonyl (C=O) groups is 1. The van der Waals surface area contributed by atoms with E-state index in [-0.39, 0.29) is 6.61 Å². The highest BCUT2D eigenvalue weighted by atomic mass is 16.5. The van der Waals surface area contributed by atoms with E-state index < -0.39 is 5.97 Å². The van der Waals surface area contributed by atoms with Gasteiger partial charge >= 0.3 is 5.97 Å². The second-order valence-electron chi connectivity index (χ2n) is 7.77. The van der Waals surface area contributed by atoms with Gasteiger partial charge in [-0.3, -0.25) is 0 Å². The molecule has 9 nitrogen and oxygen atoms in total. The van der Waals surface area contributed by atoms with Crippen molar-refractivity contribution in [1.82, 2.24) is 14.6 Å². The van der Waals surface area contributed by atoms with Crippen LogP contribution in [0.3, 0.4) is 0 Å². The molecule has 2 aromatic heterocycles. The van der Waals surface area contributed by atoms with E-state index in [2.05, 4.69) is 10.4 Å². The Balaban J connectivity index is 1.75. The van der Waals surface area contributed by atoms with Gasteiger partial charge in [0.15, 0.2) is 5.65 Å². The minimum Gasteiger partial charge on any atom is -0.497 e. The van der Waals surface area contributed by atoms with E-state index in [4.69, 9.17) is 19.2 Å². The Labute approximate surface area is 204 Å². The summed E-state index contributed by atoms with van der Waals surface area (Å²) in [5.74, 6) is 2.34. The molecule has 182 valence electrons. The van der Waals surface area contributed by atoms with Crippen molar-refractivity contribution in [3.63, 3.8) is 0 Å². The van der Waals surface area contributed by atoms with Crippen LogP contribution in [-0.2, 0) is 11.3 Å². The third-order valence-corrected chi connectivity index (χ3v) is 5.37. The van der Waals surface area contributed by atoms with E-state index in [1.54, 1.807) is 18.5 Å². The molecule has 0 unspecified atom stereocenters. The number of nitrogens with one attached hydrogen (secondary N) is 1. The highest BCUT2D eigenvalue weighted by Crippen LogP contribution is 2.30. The molecule has 0 aliphatic rings. The zero-order chi connectivity index (χ0) is 24.8. The van der Waals surface area contributed by atoms with Crippen molar-refractivity contribution in [1.29, 1.82) is 0 Å². The Morgan fingerprint density at radius 3 is 2.57 bits per heavy atom. The first-order valence-electron chi connectivity index (χ1n) is 11.4. The van der Waals surface area contributed by atoms with Crippen molar-refractivity contribution in [2.24, 2.45) is 0 Å². The number of hydrogen-bond donors (Lipinski definition) is 1. The molecule has 2 heterocycles. The maximum Gasteiger partial charge on any atom is 0.343 e. The normalized spacial score (nSPS) is 10.7. The number of benzene rings is 2. The van der Waals surface area contributed by atoms with Crippen molar-refractivity contribution in [2.75, 3.05) is 37.6 Å². The first kappa shape index (κ1) is 23.9. The number of esters is 1. The monoisotopic (exact) mass is 475 g/mol. The Morgan fingerprint density at radius 2 is 1.86 bits per heavy atom. The van der Waals surface area contributed by atoms with E-state index in [9.17, 15) is 4.79 Å². The van der Waals surface area contributed by atoms with E-state index in [0.717, 1.165) is 22.8 Å². The van der Waals surface area contributed by atoms with E-state index in [1.807, 2.05) is 73.5 Å². The first-order chi connectivity index (χ1) is 17.0. The molecule has 4 rings (SSSR count). The summed E-state index contributed by atoms with van der Waals surface area (Å²) >= 11 is 0. The standard InChI is InChI=1S/C26H29N5O4/c1-5-34-22-10-8-7-9-21(22)28-23-15-24(30(3)17-18-11-13-19(33-4)14-12-18)31-25(29-23)20(16-27-31)26(32)35-6-2/h7-16H,5-6,17H2,1-4H3,(H,28,29). The summed E-state index contributed by atoms with van der Waals surface area (Å²) in [4.78, 5) is 19.3. The summed E-state index contributed by atoms with van der Waals surface area (Å²) in [6.45, 7) is 5.11. The molecule has 0 atom stereocenters. The van der Waals surface area contributed by atoms with Crippen LogP contribution in [0, 0.1) is 0 Å². The van der Waals surface area contributed by atoms with Gasteiger partial charge in [0.1, 0.15) is 28.7 Å². The van der Waals surface area contributed by atoms with Gasteiger partial charge < -0.3 is 24.4 Å². The Hall–Kier alpha value is -4.27. The van der Waals surface area contributed by atoms with E-state index >= 15 is 0 Å². The van der Waals surface area contributed by atoms with Gasteiger partial charge in [-0.2, -0.15) is 9.61 Å². The van der Waals surface area contributed by atoms with Crippen molar-refractivity contribution in [3.8, 4) is 11.5 Å². The Kier molecular flexibility index (Phi) is 7.35. The van der Waals surface area contributed by atoms with Gasteiger partial charge in [0, 0.05) is 19.7 Å². The molecule has 4 aromatic rings. The smallest absolute Gasteiger partial charge is 0.343 e. The summed E-state index contributed by atoms with van der Waals surface area (Å²) in [5.41, 5.74) is 2.56. The molecule has 0 aliphatic carbocycles. The molecule has 1 N–H and O–H groups in total. The molecule has 0 saturated heterocycles. The van der Waals surface area contributed by atoms with Crippen LogP contribution in [0.25, 0.3) is 5.65 Å². The van der Waals surface area contributed by atoms with Crippen molar-refractivity contribution < 1.29 is 19.0 Å². The number of anilines is 3. The number of hydrogen-bond acceptors (Lipinski definition) is 8. The van der Waals surface area contributed by atoms with Gasteiger partial charge in [0.2, 0.25) is 0 Å². The highest BCUT2D eigenvalue weighted by Gasteiger charge is 2.20. The Bertz CT molecular complexity index is 1300. The second kappa shape index (κ2) is 10.8. The Morgan fingerprint density at radius 1 is 1.09 bits per heavy atom. The lowest BCUT2D eigenvalue weighted by molar-refractivity contribution is 0.0528. The molecule has 0 aliphatic heterocycles. The van der Waals surface area contributed by atoms with Crippen LogP contribution < -0.4 is 19.7 Å². The van der Waals surface area contributed by atoms with E-state index in [1.165, 1.54) is 6.20 Å². The van der Waals surface area contributed by atoms with Crippen LogP contribution >= 0.6 is 0 Å². The summed E-state index contributed by atoms with van der Waals surface area (Å²) in [6.07, 6.45) is 1.49. The molecule has 0 saturated carbocycles. The van der Waals surface area contributed by atoms with Gasteiger partial charge in [0.25, 0.3) is 0 Å². The predicted octanol–water partition coefficient (Wildman–Crippen LogP) is 4.69. The summed E-state index contributed by atoms with van der Waals surface area (Å²) in [5, 5.41) is 7.79. The maximum atomic E-state index is 12.6. The molecular formula is C26H29N5O4. The van der Waals surface area contributed by atoms with Crippen molar-refractivity contribution >= 4 is 28.9 Å². The molecule has 0 bridgehead atoms. The number of methoxy groups -OCH3 is 1. The largest absolute Gasteiger partial charge is 0.497 e. The minimum absolute atomic E-state index is 0.264. The molecular weight excluding hydrogens is 446 g/mol. The second-order valence-corrected chi connectivity index (χ2v) is 7.77. The number of aromatic nitrogens is 3. The molecule has 0 amide bonds. The van der Waals surface area contributed by atoms with Crippen LogP contribution in [0.5, 0.6) is 11.5 Å². The molecule has 9 heteroatoms. The number of ether oxygens (including phenoxy) is 3. The molecule has 0 spiro atoms. The quantitative estimate of drug-likeness (QED) is 0.330. The van der Waals surface area contributed by atoms with Gasteiger partial charge in [-0.15, -0.1) is 0 Å². The molecule has 35 heavy (non-hydrogen) atoms. The average molecular weight is 476 g/mol. The summed E-state index contributed by atoms with van der Waals surface area (Å²) in [6, 6.07) is 17.4. The van der Waals surface area contributed by atoms with Gasteiger partial charge in [-0.05, 0) is 43.7 Å². The fourth-order valence-corrected chi connectivity index (χ4v) is 3.71. The average Bonchev–Trinajstić information content (AvgIpc) is 3.29. The molecule has 0 fully saturated rings. The minimum atomic E-state index is -0.467. The number of para-hydroxylation sites is 2. The first-order valence-corrected chi connectivity index (χ1v) is 11.4. The molecule has 0 radical (unpaired) electrons. The zero-order valence-electron chi connectivity index (χ0n) is 20.3.